The highest BCUT2D eigenvalue weighted by molar-refractivity contribution is 9.11. The van der Waals surface area contributed by atoms with Crippen molar-refractivity contribution in [2.75, 3.05) is 6.54 Å². The fourth-order valence-corrected chi connectivity index (χ4v) is 4.37. The molecule has 24 heavy (non-hydrogen) atoms. The number of aryl methyl sites for hydroxylation is 1. The molecule has 1 aliphatic heterocycles. The quantitative estimate of drug-likeness (QED) is 0.732. The first kappa shape index (κ1) is 17.7. The molecule has 0 aromatic carbocycles. The number of carbonyl (C=O) groups excluding carboxylic acids is 2. The Labute approximate surface area is 149 Å². The molecule has 1 aromatic heterocycles. The van der Waals surface area contributed by atoms with Crippen molar-refractivity contribution in [3.8, 4) is 0 Å². The van der Waals surface area contributed by atoms with Crippen LogP contribution in [-0.4, -0.2) is 44.9 Å². The summed E-state index contributed by atoms with van der Waals surface area (Å²) in [7, 11) is 0. The minimum absolute atomic E-state index is 0.0981. The first-order valence-corrected chi connectivity index (χ1v) is 9.07. The Hall–Kier alpha value is -1.13. The van der Waals surface area contributed by atoms with Gasteiger partial charge in [-0.1, -0.05) is 0 Å². The summed E-state index contributed by atoms with van der Waals surface area (Å²) < 4.78 is 27.5. The van der Waals surface area contributed by atoms with E-state index in [4.69, 9.17) is 0 Å². The van der Waals surface area contributed by atoms with Gasteiger partial charge in [0, 0.05) is 12.8 Å². The average molecular weight is 424 g/mol. The molecule has 1 saturated heterocycles. The lowest BCUT2D eigenvalue weighted by Crippen LogP contribution is -2.51. The Morgan fingerprint density at radius 3 is 2.54 bits per heavy atom. The summed E-state index contributed by atoms with van der Waals surface area (Å²) in [6, 6.07) is -0.656. The van der Waals surface area contributed by atoms with Gasteiger partial charge < -0.3 is 10.4 Å². The first-order valence-electron chi connectivity index (χ1n) is 7.46. The van der Waals surface area contributed by atoms with Crippen LogP contribution >= 0.6 is 27.3 Å². The summed E-state index contributed by atoms with van der Waals surface area (Å²) in [5.74, 6) is -3.34. The molecule has 3 rings (SSSR count). The zero-order valence-corrected chi connectivity index (χ0v) is 15.2. The smallest absolute Gasteiger partial charge is 0.325 e. The van der Waals surface area contributed by atoms with Gasteiger partial charge in [-0.15, -0.1) is 11.3 Å². The predicted molar refractivity (Wildman–Crippen MR) is 85.9 cm³/mol. The van der Waals surface area contributed by atoms with Crippen molar-refractivity contribution in [3.63, 3.8) is 0 Å². The molecule has 132 valence electrons. The summed E-state index contributed by atoms with van der Waals surface area (Å²) in [6.07, 6.45) is -2.19. The molecule has 1 spiro atoms. The van der Waals surface area contributed by atoms with E-state index in [1.807, 2.05) is 0 Å². The minimum Gasteiger partial charge on any atom is -0.384 e. The Bertz CT molecular complexity index is 667. The van der Waals surface area contributed by atoms with Crippen molar-refractivity contribution in [3.05, 3.63) is 14.5 Å². The first-order chi connectivity index (χ1) is 11.1. The molecule has 2 N–H and O–H groups in total. The number of rotatable bonds is 3. The highest BCUT2D eigenvalue weighted by atomic mass is 79.9. The molecule has 1 aromatic rings. The second kappa shape index (κ2) is 5.99. The molecule has 1 unspecified atom stereocenters. The van der Waals surface area contributed by atoms with E-state index in [1.54, 1.807) is 6.92 Å². The molecule has 2 heterocycles. The van der Waals surface area contributed by atoms with Crippen molar-refractivity contribution in [2.45, 2.75) is 50.2 Å². The van der Waals surface area contributed by atoms with Crippen molar-refractivity contribution < 1.29 is 23.5 Å². The van der Waals surface area contributed by atoms with Crippen LogP contribution in [0.5, 0.6) is 0 Å². The Kier molecular flexibility index (Phi) is 4.42. The van der Waals surface area contributed by atoms with E-state index in [0.717, 1.165) is 8.69 Å². The number of β-amino-alcohol motifs (C(OH)–C–C–N with tert-alkyl or cyclic N) is 1. The van der Waals surface area contributed by atoms with Gasteiger partial charge in [-0.25, -0.2) is 18.6 Å². The SMILES string of the molecule is Cc1nc(C(O)CN2C(=O)NC3(CCC(F)(F)CC3)C2=O)sc1Br. The van der Waals surface area contributed by atoms with Gasteiger partial charge in [0.05, 0.1) is 16.0 Å². The van der Waals surface area contributed by atoms with E-state index in [9.17, 15) is 23.5 Å². The van der Waals surface area contributed by atoms with Crippen LogP contribution in [0.3, 0.4) is 0 Å². The number of halogens is 3. The van der Waals surface area contributed by atoms with Gasteiger partial charge in [0.25, 0.3) is 5.91 Å². The van der Waals surface area contributed by atoms with Gasteiger partial charge in [0.1, 0.15) is 16.7 Å². The second-order valence-corrected chi connectivity index (χ2v) is 8.56. The lowest BCUT2D eigenvalue weighted by molar-refractivity contribution is -0.136. The van der Waals surface area contributed by atoms with Gasteiger partial charge >= 0.3 is 6.03 Å². The number of thiazole rings is 1. The number of aliphatic hydroxyl groups excluding tert-OH is 1. The summed E-state index contributed by atoms with van der Waals surface area (Å²) in [6.45, 7) is 1.52. The zero-order valence-electron chi connectivity index (χ0n) is 12.8. The third kappa shape index (κ3) is 3.06. The number of hydrogen-bond donors (Lipinski definition) is 2. The van der Waals surface area contributed by atoms with Crippen molar-refractivity contribution in [1.29, 1.82) is 0 Å². The van der Waals surface area contributed by atoms with Crippen LogP contribution in [0.2, 0.25) is 0 Å². The number of urea groups is 1. The normalized spacial score (nSPS) is 23.6. The van der Waals surface area contributed by atoms with Crippen LogP contribution < -0.4 is 5.32 Å². The summed E-state index contributed by atoms with van der Waals surface area (Å²) >= 11 is 4.52. The molecule has 1 atom stereocenters. The van der Waals surface area contributed by atoms with Gasteiger partial charge in [0.15, 0.2) is 0 Å². The maximum absolute atomic E-state index is 13.3. The number of imide groups is 1. The molecular formula is C14H16BrF2N3O3S. The molecule has 1 saturated carbocycles. The maximum Gasteiger partial charge on any atom is 0.325 e. The zero-order chi connectivity index (χ0) is 17.7. The molecule has 0 bridgehead atoms. The van der Waals surface area contributed by atoms with Crippen molar-refractivity contribution >= 4 is 39.2 Å². The lowest BCUT2D eigenvalue weighted by Gasteiger charge is -2.34. The van der Waals surface area contributed by atoms with Gasteiger partial charge in [-0.3, -0.25) is 9.69 Å². The standard InChI is InChI=1S/C14H16BrF2N3O3S/c1-7-9(15)24-10(18-7)8(21)6-20-11(22)13(19-12(20)23)2-4-14(16,17)5-3-13/h8,21H,2-6H2,1H3,(H,19,23). The number of carbonyl (C=O) groups is 2. The highest BCUT2D eigenvalue weighted by Crippen LogP contribution is 2.41. The summed E-state index contributed by atoms with van der Waals surface area (Å²) in [5.41, 5.74) is -0.560. The Balaban J connectivity index is 1.73. The van der Waals surface area contributed by atoms with Crippen LogP contribution in [0.1, 0.15) is 42.5 Å². The molecular weight excluding hydrogens is 408 g/mol. The van der Waals surface area contributed by atoms with Gasteiger partial charge in [-0.2, -0.15) is 0 Å². The number of hydrogen-bond acceptors (Lipinski definition) is 5. The van der Waals surface area contributed by atoms with Crippen molar-refractivity contribution in [2.24, 2.45) is 0 Å². The number of nitrogens with zero attached hydrogens (tertiary/aromatic N) is 2. The van der Waals surface area contributed by atoms with E-state index < -0.39 is 42.3 Å². The van der Waals surface area contributed by atoms with E-state index >= 15 is 0 Å². The molecule has 2 fully saturated rings. The summed E-state index contributed by atoms with van der Waals surface area (Å²) in [5, 5.41) is 13.2. The number of amides is 3. The Morgan fingerprint density at radius 2 is 2.00 bits per heavy atom. The largest absolute Gasteiger partial charge is 0.384 e. The van der Waals surface area contributed by atoms with Crippen LogP contribution in [-0.2, 0) is 4.79 Å². The van der Waals surface area contributed by atoms with Crippen LogP contribution in [0.15, 0.2) is 3.79 Å². The van der Waals surface area contributed by atoms with E-state index in [-0.39, 0.29) is 19.4 Å². The maximum atomic E-state index is 13.3. The highest BCUT2D eigenvalue weighted by Gasteiger charge is 2.55. The molecule has 0 radical (unpaired) electrons. The fraction of sp³-hybridized carbons (Fsp3) is 0.643. The third-order valence-electron chi connectivity index (χ3n) is 4.48. The fourth-order valence-electron chi connectivity index (χ4n) is 3.01. The Morgan fingerprint density at radius 1 is 1.38 bits per heavy atom. The topological polar surface area (TPSA) is 82.5 Å². The van der Waals surface area contributed by atoms with Crippen LogP contribution in [0.25, 0.3) is 0 Å². The van der Waals surface area contributed by atoms with E-state index in [1.165, 1.54) is 11.3 Å². The predicted octanol–water partition coefficient (Wildman–Crippen LogP) is 2.75. The second-order valence-electron chi connectivity index (χ2n) is 6.21. The van der Waals surface area contributed by atoms with Gasteiger partial charge in [-0.05, 0) is 35.7 Å². The average Bonchev–Trinajstić information content (AvgIpc) is 2.96. The number of alkyl halides is 2. The molecule has 10 heteroatoms. The summed E-state index contributed by atoms with van der Waals surface area (Å²) in [4.78, 5) is 29.8. The third-order valence-corrected chi connectivity index (χ3v) is 6.58. The number of aliphatic hydroxyl groups is 1. The molecule has 2 aliphatic rings. The monoisotopic (exact) mass is 423 g/mol. The lowest BCUT2D eigenvalue weighted by atomic mass is 9.80. The van der Waals surface area contributed by atoms with Crippen LogP contribution in [0, 0.1) is 6.92 Å². The number of aromatic nitrogens is 1. The number of nitrogens with one attached hydrogen (secondary N) is 1. The molecule has 1 aliphatic carbocycles. The van der Waals surface area contributed by atoms with E-state index in [2.05, 4.69) is 26.2 Å². The van der Waals surface area contributed by atoms with Gasteiger partial charge in [0.2, 0.25) is 5.92 Å². The molecule has 6 nitrogen and oxygen atoms in total. The van der Waals surface area contributed by atoms with Crippen LogP contribution in [0.4, 0.5) is 13.6 Å². The molecule has 3 amide bonds. The minimum atomic E-state index is -2.80. The van der Waals surface area contributed by atoms with E-state index in [0.29, 0.717) is 10.7 Å². The van der Waals surface area contributed by atoms with Crippen molar-refractivity contribution in [1.82, 2.24) is 15.2 Å².